The largest absolute Gasteiger partial charge is 0.396 e. The van der Waals surface area contributed by atoms with Crippen LogP contribution in [0.2, 0.25) is 0 Å². The van der Waals surface area contributed by atoms with Gasteiger partial charge in [-0.3, -0.25) is 0 Å². The van der Waals surface area contributed by atoms with E-state index in [9.17, 15) is 0 Å². The van der Waals surface area contributed by atoms with Crippen molar-refractivity contribution in [3.05, 3.63) is 0 Å². The molecule has 0 atom stereocenters. The molecule has 0 aromatic carbocycles. The maximum absolute atomic E-state index is 8.57. The van der Waals surface area contributed by atoms with Gasteiger partial charge in [0.15, 0.2) is 0 Å². The molecule has 0 radical (unpaired) electrons. The molecule has 0 amide bonds. The van der Waals surface area contributed by atoms with Gasteiger partial charge in [0.1, 0.15) is 0 Å². The van der Waals surface area contributed by atoms with E-state index in [1.807, 2.05) is 0 Å². The Morgan fingerprint density at radius 1 is 0.733 bits per heavy atom. The van der Waals surface area contributed by atoms with E-state index in [1.54, 1.807) is 0 Å². The fraction of sp³-hybridized carbons (Fsp3) is 1.00. The van der Waals surface area contributed by atoms with Gasteiger partial charge in [-0.1, -0.05) is 51.9 Å². The quantitative estimate of drug-likeness (QED) is 0.490. The molecule has 0 heterocycles. The van der Waals surface area contributed by atoms with Crippen LogP contribution in [0, 0.1) is 0 Å². The average Bonchev–Trinajstić information content (AvgIpc) is 2.26. The smallest absolute Gasteiger partial charge is 0.0443 e. The first-order valence-corrected chi connectivity index (χ1v) is 6.73. The Hall–Kier alpha value is -0.0800. The van der Waals surface area contributed by atoms with E-state index in [2.05, 4.69) is 12.2 Å². The van der Waals surface area contributed by atoms with Gasteiger partial charge < -0.3 is 10.4 Å². The molecule has 2 heteroatoms. The molecule has 0 rings (SSSR count). The molecule has 0 bridgehead atoms. The normalized spacial score (nSPS) is 10.8. The van der Waals surface area contributed by atoms with Crippen LogP contribution < -0.4 is 5.32 Å². The van der Waals surface area contributed by atoms with Crippen molar-refractivity contribution in [3.8, 4) is 0 Å². The van der Waals surface area contributed by atoms with E-state index < -0.39 is 0 Å². The Labute approximate surface area is 95.5 Å². The summed E-state index contributed by atoms with van der Waals surface area (Å²) in [7, 11) is 0. The van der Waals surface area contributed by atoms with E-state index in [4.69, 9.17) is 5.11 Å². The van der Waals surface area contributed by atoms with Gasteiger partial charge in [-0.05, 0) is 25.9 Å². The summed E-state index contributed by atoms with van der Waals surface area (Å²) < 4.78 is 0. The van der Waals surface area contributed by atoms with Crippen LogP contribution in [0.4, 0.5) is 0 Å². The van der Waals surface area contributed by atoms with Gasteiger partial charge in [-0.15, -0.1) is 0 Å². The van der Waals surface area contributed by atoms with Gasteiger partial charge in [-0.2, -0.15) is 0 Å². The summed E-state index contributed by atoms with van der Waals surface area (Å²) in [4.78, 5) is 0. The van der Waals surface area contributed by atoms with Gasteiger partial charge in [0.2, 0.25) is 0 Å². The molecule has 0 saturated carbocycles. The second-order valence-corrected chi connectivity index (χ2v) is 4.30. The third-order valence-electron chi connectivity index (χ3n) is 2.72. The van der Waals surface area contributed by atoms with Crippen molar-refractivity contribution in [1.82, 2.24) is 5.32 Å². The maximum Gasteiger partial charge on any atom is 0.0443 e. The van der Waals surface area contributed by atoms with Crippen LogP contribution in [0.3, 0.4) is 0 Å². The Kier molecular flexibility index (Phi) is 13.8. The first-order valence-electron chi connectivity index (χ1n) is 6.73. The molecule has 0 aromatic heterocycles. The lowest BCUT2D eigenvalue weighted by Gasteiger charge is -2.03. The number of nitrogens with one attached hydrogen (secondary N) is 1. The molecule has 0 spiro atoms. The summed E-state index contributed by atoms with van der Waals surface area (Å²) in [6.45, 7) is 4.66. The zero-order chi connectivity index (χ0) is 11.2. The fourth-order valence-corrected chi connectivity index (χ4v) is 1.71. The predicted molar refractivity (Wildman–Crippen MR) is 67.2 cm³/mol. The first kappa shape index (κ1) is 14.9. The van der Waals surface area contributed by atoms with Crippen LogP contribution in [0.25, 0.3) is 0 Å². The summed E-state index contributed by atoms with van der Waals surface area (Å²) in [5.74, 6) is 0. The van der Waals surface area contributed by atoms with Crippen LogP contribution in [0.1, 0.15) is 64.7 Å². The van der Waals surface area contributed by atoms with E-state index in [1.165, 1.54) is 51.4 Å². The van der Waals surface area contributed by atoms with Crippen LogP contribution in [0.5, 0.6) is 0 Å². The Morgan fingerprint density at radius 2 is 1.27 bits per heavy atom. The zero-order valence-corrected chi connectivity index (χ0v) is 10.4. The number of aliphatic hydroxyl groups is 1. The lowest BCUT2D eigenvalue weighted by molar-refractivity contribution is 0.286. The van der Waals surface area contributed by atoms with Gasteiger partial charge in [0.25, 0.3) is 0 Å². The summed E-state index contributed by atoms with van der Waals surface area (Å²) in [5.41, 5.74) is 0. The Bertz CT molecular complexity index is 94.7. The van der Waals surface area contributed by atoms with Crippen molar-refractivity contribution in [2.24, 2.45) is 0 Å². The third kappa shape index (κ3) is 13.9. The zero-order valence-electron chi connectivity index (χ0n) is 10.4. The van der Waals surface area contributed by atoms with Crippen LogP contribution >= 0.6 is 0 Å². The molecule has 0 fully saturated rings. The monoisotopic (exact) mass is 215 g/mol. The van der Waals surface area contributed by atoms with E-state index >= 15 is 0 Å². The van der Waals surface area contributed by atoms with Crippen molar-refractivity contribution in [1.29, 1.82) is 0 Å². The van der Waals surface area contributed by atoms with Gasteiger partial charge >= 0.3 is 0 Å². The highest BCUT2D eigenvalue weighted by molar-refractivity contribution is 4.50. The van der Waals surface area contributed by atoms with Crippen molar-refractivity contribution in [2.75, 3.05) is 19.7 Å². The molecule has 92 valence electrons. The second kappa shape index (κ2) is 13.9. The van der Waals surface area contributed by atoms with Crippen molar-refractivity contribution >= 4 is 0 Å². The highest BCUT2D eigenvalue weighted by Crippen LogP contribution is 2.07. The van der Waals surface area contributed by atoms with Gasteiger partial charge in [0.05, 0.1) is 0 Å². The predicted octanol–water partition coefficient (Wildman–Crippen LogP) is 3.10. The SMILES string of the molecule is CCCCCCCCCCNCCCO. The number of hydrogen-bond donors (Lipinski definition) is 2. The molecule has 0 aliphatic heterocycles. The lowest BCUT2D eigenvalue weighted by atomic mass is 10.1. The van der Waals surface area contributed by atoms with Crippen LogP contribution in [-0.2, 0) is 0 Å². The molecule has 0 saturated heterocycles. The summed E-state index contributed by atoms with van der Waals surface area (Å²) in [5, 5.41) is 11.9. The number of unbranched alkanes of at least 4 members (excludes halogenated alkanes) is 7. The van der Waals surface area contributed by atoms with Gasteiger partial charge in [0, 0.05) is 6.61 Å². The number of hydrogen-bond acceptors (Lipinski definition) is 2. The highest BCUT2D eigenvalue weighted by atomic mass is 16.3. The molecule has 2 nitrogen and oxygen atoms in total. The lowest BCUT2D eigenvalue weighted by Crippen LogP contribution is -2.17. The first-order chi connectivity index (χ1) is 7.41. The van der Waals surface area contributed by atoms with Crippen LogP contribution in [0.15, 0.2) is 0 Å². The fourth-order valence-electron chi connectivity index (χ4n) is 1.71. The van der Waals surface area contributed by atoms with Crippen molar-refractivity contribution in [2.45, 2.75) is 64.7 Å². The van der Waals surface area contributed by atoms with Crippen LogP contribution in [-0.4, -0.2) is 24.8 Å². The summed E-state index contributed by atoms with van der Waals surface area (Å²) in [6, 6.07) is 0. The molecule has 0 aliphatic rings. The Balaban J connectivity index is 2.81. The van der Waals surface area contributed by atoms with Crippen molar-refractivity contribution < 1.29 is 5.11 Å². The average molecular weight is 215 g/mol. The van der Waals surface area contributed by atoms with Gasteiger partial charge in [-0.25, -0.2) is 0 Å². The number of aliphatic hydroxyl groups excluding tert-OH is 1. The Morgan fingerprint density at radius 3 is 1.87 bits per heavy atom. The maximum atomic E-state index is 8.57. The molecule has 0 unspecified atom stereocenters. The third-order valence-corrected chi connectivity index (χ3v) is 2.72. The molecular formula is C13H29NO. The minimum Gasteiger partial charge on any atom is -0.396 e. The highest BCUT2D eigenvalue weighted by Gasteiger charge is 1.91. The molecule has 0 aromatic rings. The second-order valence-electron chi connectivity index (χ2n) is 4.30. The minimum atomic E-state index is 0.310. The minimum absolute atomic E-state index is 0.310. The topological polar surface area (TPSA) is 32.3 Å². The van der Waals surface area contributed by atoms with E-state index in [0.717, 1.165) is 19.5 Å². The number of rotatable bonds is 12. The van der Waals surface area contributed by atoms with E-state index in [-0.39, 0.29) is 0 Å². The molecule has 0 aliphatic carbocycles. The van der Waals surface area contributed by atoms with Crippen molar-refractivity contribution in [3.63, 3.8) is 0 Å². The molecule has 2 N–H and O–H groups in total. The molecular weight excluding hydrogens is 186 g/mol. The summed E-state index contributed by atoms with van der Waals surface area (Å²) in [6.07, 6.45) is 11.9. The summed E-state index contributed by atoms with van der Waals surface area (Å²) >= 11 is 0. The standard InChI is InChI=1S/C13H29NO/c1-2-3-4-5-6-7-8-9-11-14-12-10-13-15/h14-15H,2-13H2,1H3. The van der Waals surface area contributed by atoms with E-state index in [0.29, 0.717) is 6.61 Å². The molecule has 15 heavy (non-hydrogen) atoms.